The molecule has 2 aliphatic heterocycles. The molecule has 1 aliphatic carbocycles. The van der Waals surface area contributed by atoms with E-state index in [1.165, 1.54) is 16.7 Å². The molecule has 1 atom stereocenters. The van der Waals surface area contributed by atoms with E-state index in [0.717, 1.165) is 17.5 Å². The Kier molecular flexibility index (Phi) is 7.05. The van der Waals surface area contributed by atoms with Gasteiger partial charge in [0.15, 0.2) is 11.6 Å². The van der Waals surface area contributed by atoms with Gasteiger partial charge in [-0.1, -0.05) is 60.7 Å². The summed E-state index contributed by atoms with van der Waals surface area (Å²) in [5.41, 5.74) is 5.15. The van der Waals surface area contributed by atoms with E-state index in [-0.39, 0.29) is 67.1 Å². The lowest BCUT2D eigenvalue weighted by Crippen LogP contribution is -2.52. The molecule has 1 unspecified atom stereocenters. The molecule has 0 aromatic heterocycles. The smallest absolute Gasteiger partial charge is 0.255 e. The molecule has 2 N–H and O–H groups in total. The SMILES string of the molecule is O=C1CCC(N2Cc3c(NC=C4C(=O)CC(c5ccccc5Cc5ccccc5)CC4=O)cccc3C2=O)C(=O)N1. The molecule has 206 valence electrons. The molecule has 8 nitrogen and oxygen atoms in total. The molecule has 3 aromatic rings. The molecule has 2 fully saturated rings. The highest BCUT2D eigenvalue weighted by Gasteiger charge is 2.40. The molecule has 3 amide bonds. The molecule has 3 aliphatic rings. The molecule has 1 saturated heterocycles. The van der Waals surface area contributed by atoms with Crippen LogP contribution in [0.2, 0.25) is 0 Å². The lowest BCUT2D eigenvalue weighted by Gasteiger charge is -2.29. The molecule has 1 saturated carbocycles. The van der Waals surface area contributed by atoms with E-state index in [9.17, 15) is 24.0 Å². The van der Waals surface area contributed by atoms with Crippen LogP contribution >= 0.6 is 0 Å². The Morgan fingerprint density at radius 3 is 2.34 bits per heavy atom. The maximum atomic E-state index is 13.2. The summed E-state index contributed by atoms with van der Waals surface area (Å²) in [6.07, 6.45) is 3.10. The summed E-state index contributed by atoms with van der Waals surface area (Å²) in [6.45, 7) is 0.189. The molecule has 3 aromatic carbocycles. The first-order valence-electron chi connectivity index (χ1n) is 13.8. The molecule has 6 rings (SSSR count). The monoisotopic (exact) mass is 547 g/mol. The average Bonchev–Trinajstić information content (AvgIpc) is 3.30. The van der Waals surface area contributed by atoms with Crippen LogP contribution in [-0.4, -0.2) is 40.2 Å². The Labute approximate surface area is 237 Å². The van der Waals surface area contributed by atoms with Crippen LogP contribution in [0.1, 0.15) is 64.2 Å². The van der Waals surface area contributed by atoms with E-state index < -0.39 is 11.9 Å². The number of nitrogens with one attached hydrogen (secondary N) is 2. The van der Waals surface area contributed by atoms with Crippen molar-refractivity contribution >= 4 is 35.0 Å². The number of amides is 3. The van der Waals surface area contributed by atoms with Crippen LogP contribution in [0.5, 0.6) is 0 Å². The first-order chi connectivity index (χ1) is 19.9. The Hall–Kier alpha value is -4.85. The second-order valence-corrected chi connectivity index (χ2v) is 10.7. The predicted octanol–water partition coefficient (Wildman–Crippen LogP) is 4.05. The standard InChI is InChI=1S/C33H29N3O5/c37-29-16-22(23-10-5-4-9-21(23)15-20-7-2-1-3-8-20)17-30(38)25(29)18-34-27-12-6-11-24-26(27)19-36(33(24)41)28-13-14-31(39)35-32(28)40/h1-12,18,22,28,34H,13-17,19H2,(H,35,39,40). The topological polar surface area (TPSA) is 113 Å². The van der Waals surface area contributed by atoms with Gasteiger partial charge in [-0.25, -0.2) is 0 Å². The number of hydrogen-bond acceptors (Lipinski definition) is 6. The minimum Gasteiger partial charge on any atom is -0.361 e. The van der Waals surface area contributed by atoms with Crippen molar-refractivity contribution in [1.82, 2.24) is 10.2 Å². The molecular formula is C33H29N3O5. The van der Waals surface area contributed by atoms with E-state index >= 15 is 0 Å². The van der Waals surface area contributed by atoms with Gasteiger partial charge in [-0.3, -0.25) is 29.3 Å². The number of piperidine rings is 1. The van der Waals surface area contributed by atoms with Crippen molar-refractivity contribution in [3.63, 3.8) is 0 Å². The highest BCUT2D eigenvalue weighted by Crippen LogP contribution is 2.35. The lowest BCUT2D eigenvalue weighted by atomic mass is 9.78. The first-order valence-corrected chi connectivity index (χ1v) is 13.8. The van der Waals surface area contributed by atoms with Crippen molar-refractivity contribution in [3.05, 3.63) is 112 Å². The van der Waals surface area contributed by atoms with Gasteiger partial charge in [0.25, 0.3) is 5.91 Å². The number of hydrogen-bond donors (Lipinski definition) is 2. The summed E-state index contributed by atoms with van der Waals surface area (Å²) in [7, 11) is 0. The summed E-state index contributed by atoms with van der Waals surface area (Å²) in [4.78, 5) is 65.0. The fourth-order valence-corrected chi connectivity index (χ4v) is 6.06. The lowest BCUT2D eigenvalue weighted by molar-refractivity contribution is -0.137. The molecule has 41 heavy (non-hydrogen) atoms. The van der Waals surface area contributed by atoms with Gasteiger partial charge in [0.2, 0.25) is 11.8 Å². The number of imide groups is 1. The fourth-order valence-electron chi connectivity index (χ4n) is 6.06. The van der Waals surface area contributed by atoms with Crippen molar-refractivity contribution in [3.8, 4) is 0 Å². The summed E-state index contributed by atoms with van der Waals surface area (Å²) in [6, 6.07) is 22.6. The number of Topliss-reactive ketones (excluding diaryl/α,β-unsaturated/α-hetero) is 2. The van der Waals surface area contributed by atoms with Crippen LogP contribution in [0.15, 0.2) is 84.6 Å². The van der Waals surface area contributed by atoms with Gasteiger partial charge in [0.05, 0.1) is 5.57 Å². The number of benzene rings is 3. The van der Waals surface area contributed by atoms with Crippen molar-refractivity contribution in [2.75, 3.05) is 5.32 Å². The first kappa shape index (κ1) is 26.4. The van der Waals surface area contributed by atoms with Crippen LogP contribution in [0.4, 0.5) is 5.69 Å². The van der Waals surface area contributed by atoms with Crippen molar-refractivity contribution in [1.29, 1.82) is 0 Å². The van der Waals surface area contributed by atoms with Gasteiger partial charge >= 0.3 is 0 Å². The number of rotatable bonds is 6. The number of fused-ring (bicyclic) bond motifs is 1. The number of anilines is 1. The Bertz CT molecular complexity index is 1590. The zero-order valence-electron chi connectivity index (χ0n) is 22.4. The molecule has 2 heterocycles. The van der Waals surface area contributed by atoms with Crippen molar-refractivity contribution < 1.29 is 24.0 Å². The van der Waals surface area contributed by atoms with Gasteiger partial charge < -0.3 is 10.2 Å². The largest absolute Gasteiger partial charge is 0.361 e. The minimum atomic E-state index is -0.720. The highest BCUT2D eigenvalue weighted by atomic mass is 16.2. The Balaban J connectivity index is 1.18. The van der Waals surface area contributed by atoms with Crippen molar-refractivity contribution in [2.45, 2.75) is 50.6 Å². The number of ketones is 2. The predicted molar refractivity (Wildman–Crippen MR) is 152 cm³/mol. The van der Waals surface area contributed by atoms with Crippen LogP contribution < -0.4 is 10.6 Å². The minimum absolute atomic E-state index is 0.116. The van der Waals surface area contributed by atoms with E-state index in [1.54, 1.807) is 18.2 Å². The van der Waals surface area contributed by atoms with Gasteiger partial charge in [0.1, 0.15) is 6.04 Å². The van der Waals surface area contributed by atoms with E-state index in [4.69, 9.17) is 0 Å². The quantitative estimate of drug-likeness (QED) is 0.274. The molecular weight excluding hydrogens is 518 g/mol. The number of carbonyl (C=O) groups is 5. The van der Waals surface area contributed by atoms with Gasteiger partial charge in [-0.2, -0.15) is 0 Å². The van der Waals surface area contributed by atoms with E-state index in [1.807, 2.05) is 36.4 Å². The van der Waals surface area contributed by atoms with Gasteiger partial charge in [-0.05, 0) is 47.6 Å². The van der Waals surface area contributed by atoms with E-state index in [0.29, 0.717) is 16.8 Å². The normalized spacial score (nSPS) is 20.6. The Morgan fingerprint density at radius 1 is 0.854 bits per heavy atom. The summed E-state index contributed by atoms with van der Waals surface area (Å²) >= 11 is 0. The number of carbonyl (C=O) groups excluding carboxylic acids is 5. The third kappa shape index (κ3) is 5.20. The fraction of sp³-hybridized carbons (Fsp3) is 0.242. The molecule has 0 bridgehead atoms. The Morgan fingerprint density at radius 2 is 1.59 bits per heavy atom. The summed E-state index contributed by atoms with van der Waals surface area (Å²) in [5.74, 6) is -1.73. The number of nitrogens with zero attached hydrogens (tertiary/aromatic N) is 1. The summed E-state index contributed by atoms with van der Waals surface area (Å²) < 4.78 is 0. The average molecular weight is 548 g/mol. The van der Waals surface area contributed by atoms with Gasteiger partial charge in [-0.15, -0.1) is 0 Å². The zero-order valence-corrected chi connectivity index (χ0v) is 22.4. The van der Waals surface area contributed by atoms with Crippen LogP contribution in [0.3, 0.4) is 0 Å². The third-order valence-electron chi connectivity index (χ3n) is 8.15. The summed E-state index contributed by atoms with van der Waals surface area (Å²) in [5, 5.41) is 5.40. The third-order valence-corrected chi connectivity index (χ3v) is 8.15. The molecule has 8 heteroatoms. The van der Waals surface area contributed by atoms with Crippen LogP contribution in [0.25, 0.3) is 0 Å². The van der Waals surface area contributed by atoms with Crippen molar-refractivity contribution in [2.24, 2.45) is 0 Å². The molecule has 0 spiro atoms. The van der Waals surface area contributed by atoms with E-state index in [2.05, 4.69) is 28.8 Å². The second kappa shape index (κ2) is 11.0. The van der Waals surface area contributed by atoms with Gasteiger partial charge in [0, 0.05) is 48.8 Å². The number of allylic oxidation sites excluding steroid dienone is 1. The zero-order chi connectivity index (χ0) is 28.5. The van der Waals surface area contributed by atoms with Crippen LogP contribution in [0, 0.1) is 0 Å². The second-order valence-electron chi connectivity index (χ2n) is 10.7. The molecule has 0 radical (unpaired) electrons. The van der Waals surface area contributed by atoms with Crippen LogP contribution in [-0.2, 0) is 32.1 Å². The maximum absolute atomic E-state index is 13.2. The maximum Gasteiger partial charge on any atom is 0.255 e. The highest BCUT2D eigenvalue weighted by molar-refractivity contribution is 6.22.